The van der Waals surface area contributed by atoms with Crippen LogP contribution in [0.1, 0.15) is 22.0 Å². The Morgan fingerprint density at radius 1 is 1.53 bits per heavy atom. The van der Waals surface area contributed by atoms with Crippen molar-refractivity contribution in [3.8, 4) is 11.8 Å². The van der Waals surface area contributed by atoms with Gasteiger partial charge >= 0.3 is 0 Å². The minimum absolute atomic E-state index is 0.00676. The number of rotatable bonds is 3. The van der Waals surface area contributed by atoms with Crippen LogP contribution in [0.25, 0.3) is 0 Å². The number of nitrogens with one attached hydrogen (secondary N) is 2. The van der Waals surface area contributed by atoms with Crippen LogP contribution in [0.5, 0.6) is 5.75 Å². The van der Waals surface area contributed by atoms with Crippen molar-refractivity contribution < 1.29 is 9.53 Å². The number of aromatic amines is 1. The zero-order valence-corrected chi connectivity index (χ0v) is 10.4. The molecule has 1 aromatic heterocycles. The van der Waals surface area contributed by atoms with Crippen molar-refractivity contribution >= 4 is 11.6 Å². The summed E-state index contributed by atoms with van der Waals surface area (Å²) >= 11 is 0. The van der Waals surface area contributed by atoms with Gasteiger partial charge in [0.1, 0.15) is 23.3 Å². The zero-order chi connectivity index (χ0) is 13.8. The summed E-state index contributed by atoms with van der Waals surface area (Å²) in [6, 6.07) is 6.90. The van der Waals surface area contributed by atoms with E-state index in [0.717, 1.165) is 0 Å². The number of amides is 1. The number of aryl methyl sites for hydroxylation is 1. The minimum atomic E-state index is -0.509. The number of carbonyl (C=O) groups is 1. The van der Waals surface area contributed by atoms with Crippen LogP contribution in [-0.2, 0) is 0 Å². The Labute approximate surface area is 109 Å². The highest BCUT2D eigenvalue weighted by molar-refractivity contribution is 6.03. The standard InChI is InChI=1S/C12H11N5O2/c1-7-14-11(17-16-7)12(18)15-10-8(6-13)4-3-5-9(10)19-2/h3-5H,1-2H3,(H,15,18)(H,14,16,17). The molecule has 1 aromatic carbocycles. The summed E-state index contributed by atoms with van der Waals surface area (Å²) in [5, 5.41) is 17.9. The molecule has 0 aliphatic rings. The Morgan fingerprint density at radius 3 is 2.89 bits per heavy atom. The lowest BCUT2D eigenvalue weighted by molar-refractivity contribution is 0.101. The van der Waals surface area contributed by atoms with E-state index in [1.807, 2.05) is 6.07 Å². The largest absolute Gasteiger partial charge is 0.495 e. The lowest BCUT2D eigenvalue weighted by Gasteiger charge is -2.10. The molecule has 0 aliphatic heterocycles. The van der Waals surface area contributed by atoms with Crippen LogP contribution in [-0.4, -0.2) is 28.2 Å². The van der Waals surface area contributed by atoms with E-state index < -0.39 is 5.91 Å². The zero-order valence-electron chi connectivity index (χ0n) is 10.4. The summed E-state index contributed by atoms with van der Waals surface area (Å²) in [6.45, 7) is 1.69. The van der Waals surface area contributed by atoms with E-state index in [2.05, 4.69) is 20.5 Å². The van der Waals surface area contributed by atoms with Crippen molar-refractivity contribution in [2.45, 2.75) is 6.92 Å². The van der Waals surface area contributed by atoms with E-state index in [4.69, 9.17) is 10.00 Å². The van der Waals surface area contributed by atoms with Crippen LogP contribution in [0.2, 0.25) is 0 Å². The number of methoxy groups -OCH3 is 1. The maximum Gasteiger partial charge on any atom is 0.295 e. The molecule has 0 aliphatic carbocycles. The summed E-state index contributed by atoms with van der Waals surface area (Å²) in [4.78, 5) is 15.9. The van der Waals surface area contributed by atoms with Gasteiger partial charge in [-0.15, -0.1) is 5.10 Å². The normalized spacial score (nSPS) is 9.74. The maximum absolute atomic E-state index is 11.9. The second-order valence-electron chi connectivity index (χ2n) is 3.69. The lowest BCUT2D eigenvalue weighted by Crippen LogP contribution is -2.15. The summed E-state index contributed by atoms with van der Waals surface area (Å²) in [5.74, 6) is 0.433. The van der Waals surface area contributed by atoms with Crippen molar-refractivity contribution in [1.82, 2.24) is 15.2 Å². The molecule has 0 fully saturated rings. The van der Waals surface area contributed by atoms with Gasteiger partial charge in [-0.25, -0.2) is 4.98 Å². The highest BCUT2D eigenvalue weighted by atomic mass is 16.5. The quantitative estimate of drug-likeness (QED) is 0.861. The van der Waals surface area contributed by atoms with Crippen LogP contribution >= 0.6 is 0 Å². The predicted octanol–water partition coefficient (Wildman–Crippen LogP) is 1.25. The second kappa shape index (κ2) is 5.18. The Balaban J connectivity index is 2.33. The third-order valence-electron chi connectivity index (χ3n) is 2.41. The number of carbonyl (C=O) groups excluding carboxylic acids is 1. The fraction of sp³-hybridized carbons (Fsp3) is 0.167. The molecule has 1 amide bonds. The first-order valence-corrected chi connectivity index (χ1v) is 5.43. The number of hydrogen-bond acceptors (Lipinski definition) is 5. The minimum Gasteiger partial charge on any atom is -0.495 e. The average Bonchev–Trinajstić information content (AvgIpc) is 2.85. The Morgan fingerprint density at radius 2 is 2.32 bits per heavy atom. The van der Waals surface area contributed by atoms with E-state index in [9.17, 15) is 4.79 Å². The molecule has 7 heteroatoms. The van der Waals surface area contributed by atoms with Gasteiger partial charge in [-0.05, 0) is 19.1 Å². The fourth-order valence-electron chi connectivity index (χ4n) is 1.54. The van der Waals surface area contributed by atoms with E-state index in [0.29, 0.717) is 22.8 Å². The third kappa shape index (κ3) is 2.52. The van der Waals surface area contributed by atoms with E-state index in [1.54, 1.807) is 25.1 Å². The number of nitrogens with zero attached hydrogens (tertiary/aromatic N) is 3. The Bertz CT molecular complexity index is 656. The predicted molar refractivity (Wildman–Crippen MR) is 66.8 cm³/mol. The Hall–Kier alpha value is -2.88. The molecule has 1 heterocycles. The molecule has 0 unspecified atom stereocenters. The van der Waals surface area contributed by atoms with Gasteiger partial charge < -0.3 is 10.1 Å². The Kier molecular flexibility index (Phi) is 3.43. The fourth-order valence-corrected chi connectivity index (χ4v) is 1.54. The van der Waals surface area contributed by atoms with Gasteiger partial charge in [0.25, 0.3) is 5.91 Å². The van der Waals surface area contributed by atoms with Gasteiger partial charge in [-0.2, -0.15) is 5.26 Å². The van der Waals surface area contributed by atoms with Crippen LogP contribution in [0.15, 0.2) is 18.2 Å². The van der Waals surface area contributed by atoms with Crippen LogP contribution in [0, 0.1) is 18.3 Å². The van der Waals surface area contributed by atoms with Crippen molar-refractivity contribution in [1.29, 1.82) is 5.26 Å². The first-order valence-electron chi connectivity index (χ1n) is 5.43. The van der Waals surface area contributed by atoms with Gasteiger partial charge in [-0.3, -0.25) is 9.89 Å². The number of ether oxygens (including phenoxy) is 1. The molecule has 19 heavy (non-hydrogen) atoms. The average molecular weight is 257 g/mol. The number of hydrogen-bond donors (Lipinski definition) is 2. The van der Waals surface area contributed by atoms with Gasteiger partial charge in [0, 0.05) is 0 Å². The molecule has 0 atom stereocenters. The number of H-pyrrole nitrogens is 1. The molecule has 0 spiro atoms. The molecule has 96 valence electrons. The molecule has 0 bridgehead atoms. The van der Waals surface area contributed by atoms with Gasteiger partial charge in [0.15, 0.2) is 0 Å². The van der Waals surface area contributed by atoms with E-state index in [-0.39, 0.29) is 5.82 Å². The van der Waals surface area contributed by atoms with Gasteiger partial charge in [0.05, 0.1) is 12.7 Å². The summed E-state index contributed by atoms with van der Waals surface area (Å²) < 4.78 is 5.12. The highest BCUT2D eigenvalue weighted by Gasteiger charge is 2.16. The molecule has 2 aromatic rings. The van der Waals surface area contributed by atoms with Crippen molar-refractivity contribution in [2.24, 2.45) is 0 Å². The topological polar surface area (TPSA) is 104 Å². The van der Waals surface area contributed by atoms with Gasteiger partial charge in [0.2, 0.25) is 5.82 Å². The summed E-state index contributed by atoms with van der Waals surface area (Å²) in [6.07, 6.45) is 0. The first kappa shape index (κ1) is 12.6. The number of para-hydroxylation sites is 1. The molecular formula is C12H11N5O2. The smallest absolute Gasteiger partial charge is 0.295 e. The van der Waals surface area contributed by atoms with Crippen LogP contribution in [0.4, 0.5) is 5.69 Å². The molecule has 0 saturated carbocycles. The number of aromatic nitrogens is 3. The number of nitriles is 1. The number of anilines is 1. The van der Waals surface area contributed by atoms with E-state index >= 15 is 0 Å². The van der Waals surface area contributed by atoms with Crippen LogP contribution < -0.4 is 10.1 Å². The summed E-state index contributed by atoms with van der Waals surface area (Å²) in [7, 11) is 1.46. The molecule has 2 rings (SSSR count). The SMILES string of the molecule is COc1cccc(C#N)c1NC(=O)c1n[nH]c(C)n1. The van der Waals surface area contributed by atoms with Crippen molar-refractivity contribution in [2.75, 3.05) is 12.4 Å². The monoisotopic (exact) mass is 257 g/mol. The third-order valence-corrected chi connectivity index (χ3v) is 2.41. The lowest BCUT2D eigenvalue weighted by atomic mass is 10.1. The molecule has 7 nitrogen and oxygen atoms in total. The molecular weight excluding hydrogens is 246 g/mol. The number of benzene rings is 1. The highest BCUT2D eigenvalue weighted by Crippen LogP contribution is 2.27. The van der Waals surface area contributed by atoms with Crippen molar-refractivity contribution in [3.05, 3.63) is 35.4 Å². The summed E-state index contributed by atoms with van der Waals surface area (Å²) in [5.41, 5.74) is 0.611. The maximum atomic E-state index is 11.9. The van der Waals surface area contributed by atoms with Crippen molar-refractivity contribution in [3.63, 3.8) is 0 Å². The van der Waals surface area contributed by atoms with Gasteiger partial charge in [-0.1, -0.05) is 6.07 Å². The first-order chi connectivity index (χ1) is 9.15. The van der Waals surface area contributed by atoms with Crippen LogP contribution in [0.3, 0.4) is 0 Å². The molecule has 2 N–H and O–H groups in total. The second-order valence-corrected chi connectivity index (χ2v) is 3.69. The van der Waals surface area contributed by atoms with E-state index in [1.165, 1.54) is 7.11 Å². The molecule has 0 radical (unpaired) electrons. The molecule has 0 saturated heterocycles.